The molecule has 2 atom stereocenters. The first-order valence-electron chi connectivity index (χ1n) is 10.9. The first kappa shape index (κ1) is 30.2. The summed E-state index contributed by atoms with van der Waals surface area (Å²) in [6, 6.07) is -1.61. The molecule has 32 heavy (non-hydrogen) atoms. The molecule has 0 saturated carbocycles. The number of carbonyl (C=O) groups excluding carboxylic acids is 2. The molecular formula is C21H35F3N2O5S. The molecule has 0 unspecified atom stereocenters. The van der Waals surface area contributed by atoms with Gasteiger partial charge in [0.15, 0.2) is 0 Å². The number of nitrogens with one attached hydrogen (secondary N) is 2. The van der Waals surface area contributed by atoms with Gasteiger partial charge in [-0.3, -0.25) is 14.4 Å². The van der Waals surface area contributed by atoms with Crippen LogP contribution in [0.1, 0.15) is 71.6 Å². The Morgan fingerprint density at radius 1 is 1.03 bits per heavy atom. The number of allylic oxidation sites excluding steroid dienone is 1. The van der Waals surface area contributed by atoms with Crippen LogP contribution in [0, 0.1) is 0 Å². The molecule has 11 heteroatoms. The van der Waals surface area contributed by atoms with Crippen LogP contribution in [0.25, 0.3) is 0 Å². The van der Waals surface area contributed by atoms with Crippen LogP contribution >= 0.6 is 11.8 Å². The molecule has 7 nitrogen and oxygen atoms in total. The summed E-state index contributed by atoms with van der Waals surface area (Å²) in [6.07, 6.45) is 4.15. The molecule has 0 bridgehead atoms. The molecule has 4 N–H and O–H groups in total. The lowest BCUT2D eigenvalue weighted by molar-refractivity contribution is -0.174. The zero-order valence-corrected chi connectivity index (χ0v) is 19.5. The first-order valence-corrected chi connectivity index (χ1v) is 11.9. The van der Waals surface area contributed by atoms with Crippen molar-refractivity contribution in [2.24, 2.45) is 0 Å². The third-order valence-electron chi connectivity index (χ3n) is 4.50. The van der Waals surface area contributed by atoms with E-state index in [2.05, 4.69) is 6.92 Å². The molecule has 0 heterocycles. The van der Waals surface area contributed by atoms with Crippen LogP contribution < -0.4 is 10.6 Å². The van der Waals surface area contributed by atoms with Gasteiger partial charge in [0.1, 0.15) is 12.6 Å². The number of aliphatic hydroxyl groups excluding tert-OH is 1. The van der Waals surface area contributed by atoms with Crippen LogP contribution in [-0.2, 0) is 14.4 Å². The Bertz CT molecular complexity index is 615. The fourth-order valence-corrected chi connectivity index (χ4v) is 3.90. The number of hydrogen-bond acceptors (Lipinski definition) is 5. The van der Waals surface area contributed by atoms with Crippen molar-refractivity contribution in [3.63, 3.8) is 0 Å². The zero-order chi connectivity index (χ0) is 24.6. The molecule has 0 aromatic carbocycles. The summed E-state index contributed by atoms with van der Waals surface area (Å²) in [4.78, 5) is 34.6. The van der Waals surface area contributed by atoms with E-state index in [9.17, 15) is 32.7 Å². The number of thioether (sulfide) groups is 1. The van der Waals surface area contributed by atoms with Gasteiger partial charge in [-0.2, -0.15) is 13.2 Å². The van der Waals surface area contributed by atoms with Crippen molar-refractivity contribution in [3.05, 3.63) is 11.0 Å². The Balaban J connectivity index is 5.12. The molecular weight excluding hydrogens is 449 g/mol. The fourth-order valence-electron chi connectivity index (χ4n) is 2.76. The molecule has 0 aromatic heterocycles. The monoisotopic (exact) mass is 484 g/mol. The number of carboxylic acid groups (broad SMARTS) is 1. The molecule has 0 aromatic rings. The van der Waals surface area contributed by atoms with Crippen LogP contribution in [0.4, 0.5) is 13.2 Å². The maximum absolute atomic E-state index is 12.6. The van der Waals surface area contributed by atoms with E-state index < -0.39 is 42.7 Å². The minimum atomic E-state index is -5.19. The Hall–Kier alpha value is -1.75. The van der Waals surface area contributed by atoms with E-state index in [0.717, 1.165) is 43.9 Å². The second-order valence-electron chi connectivity index (χ2n) is 7.41. The number of unbranched alkanes of at least 4 members (excludes halogenated alkanes) is 6. The van der Waals surface area contributed by atoms with Gasteiger partial charge in [0.05, 0.1) is 6.10 Å². The van der Waals surface area contributed by atoms with E-state index in [4.69, 9.17) is 5.11 Å². The van der Waals surface area contributed by atoms with Gasteiger partial charge in [-0.25, -0.2) is 0 Å². The smallest absolute Gasteiger partial charge is 0.471 e. The van der Waals surface area contributed by atoms with Crippen molar-refractivity contribution in [1.82, 2.24) is 10.6 Å². The summed E-state index contributed by atoms with van der Waals surface area (Å²) in [5, 5.41) is 22.6. The summed E-state index contributed by atoms with van der Waals surface area (Å²) in [5.41, 5.74) is 0. The Labute approximate surface area is 191 Å². The van der Waals surface area contributed by atoms with Crippen molar-refractivity contribution in [1.29, 1.82) is 0 Å². The molecule has 186 valence electrons. The van der Waals surface area contributed by atoms with Gasteiger partial charge >= 0.3 is 18.1 Å². The Morgan fingerprint density at radius 2 is 1.66 bits per heavy atom. The summed E-state index contributed by atoms with van der Waals surface area (Å²) >= 11 is 0.986. The van der Waals surface area contributed by atoms with Crippen molar-refractivity contribution in [2.45, 2.75) is 90.0 Å². The third kappa shape index (κ3) is 14.3. The quantitative estimate of drug-likeness (QED) is 0.234. The molecule has 0 aliphatic rings. The molecule has 0 aliphatic carbocycles. The predicted molar refractivity (Wildman–Crippen MR) is 118 cm³/mol. The third-order valence-corrected chi connectivity index (χ3v) is 5.78. The number of hydrogen-bond donors (Lipinski definition) is 4. The van der Waals surface area contributed by atoms with Gasteiger partial charge in [0.25, 0.3) is 0 Å². The molecule has 0 spiro atoms. The number of rotatable bonds is 17. The summed E-state index contributed by atoms with van der Waals surface area (Å²) in [7, 11) is 0. The molecule has 0 rings (SSSR count). The molecule has 2 amide bonds. The molecule has 0 fully saturated rings. The minimum absolute atomic E-state index is 0.281. The number of aliphatic hydroxyl groups is 1. The number of halogens is 3. The van der Waals surface area contributed by atoms with Crippen LogP contribution in [0.15, 0.2) is 11.0 Å². The van der Waals surface area contributed by atoms with Gasteiger partial charge in [0, 0.05) is 10.7 Å². The SMILES string of the molecule is CCCCCCCCC=C(SC[C@H](NC(=O)C(F)(F)F)C(=O)NCC(=O)O)[C@H](O)CCC. The number of aliphatic carboxylic acids is 1. The maximum Gasteiger partial charge on any atom is 0.471 e. The topological polar surface area (TPSA) is 116 Å². The highest BCUT2D eigenvalue weighted by Gasteiger charge is 2.41. The molecule has 0 radical (unpaired) electrons. The lowest BCUT2D eigenvalue weighted by Gasteiger charge is -2.21. The van der Waals surface area contributed by atoms with E-state index >= 15 is 0 Å². The highest BCUT2D eigenvalue weighted by atomic mass is 32.2. The Kier molecular flexibility index (Phi) is 15.9. The number of alkyl halides is 3. The van der Waals surface area contributed by atoms with Crippen molar-refractivity contribution >= 4 is 29.5 Å². The maximum atomic E-state index is 12.6. The molecule has 0 aliphatic heterocycles. The number of amides is 2. The van der Waals surface area contributed by atoms with E-state index in [-0.39, 0.29) is 5.75 Å². The zero-order valence-electron chi connectivity index (χ0n) is 18.7. The van der Waals surface area contributed by atoms with Gasteiger partial charge < -0.3 is 20.8 Å². The van der Waals surface area contributed by atoms with Crippen molar-refractivity contribution in [2.75, 3.05) is 12.3 Å². The number of carboxylic acids is 1. The van der Waals surface area contributed by atoms with Crippen LogP contribution in [0.5, 0.6) is 0 Å². The van der Waals surface area contributed by atoms with E-state index in [1.54, 1.807) is 5.32 Å². The highest BCUT2D eigenvalue weighted by Crippen LogP contribution is 2.25. The van der Waals surface area contributed by atoms with E-state index in [1.807, 2.05) is 18.3 Å². The highest BCUT2D eigenvalue weighted by molar-refractivity contribution is 8.03. The van der Waals surface area contributed by atoms with E-state index in [0.29, 0.717) is 24.2 Å². The van der Waals surface area contributed by atoms with Gasteiger partial charge in [-0.1, -0.05) is 58.4 Å². The first-order chi connectivity index (χ1) is 15.0. The lowest BCUT2D eigenvalue weighted by Crippen LogP contribution is -2.52. The summed E-state index contributed by atoms with van der Waals surface area (Å²) in [5.74, 6) is -4.99. The summed E-state index contributed by atoms with van der Waals surface area (Å²) < 4.78 is 37.9. The second kappa shape index (κ2) is 16.8. The minimum Gasteiger partial charge on any atom is -0.480 e. The van der Waals surface area contributed by atoms with E-state index in [1.165, 1.54) is 6.42 Å². The second-order valence-corrected chi connectivity index (χ2v) is 8.51. The van der Waals surface area contributed by atoms with Crippen LogP contribution in [0.3, 0.4) is 0 Å². The lowest BCUT2D eigenvalue weighted by atomic mass is 10.1. The average Bonchev–Trinajstić information content (AvgIpc) is 2.71. The van der Waals surface area contributed by atoms with Gasteiger partial charge in [-0.15, -0.1) is 11.8 Å². The number of carbonyl (C=O) groups is 3. The predicted octanol–water partition coefficient (Wildman–Crippen LogP) is 3.76. The van der Waals surface area contributed by atoms with Crippen LogP contribution in [-0.4, -0.2) is 58.6 Å². The van der Waals surface area contributed by atoms with Crippen molar-refractivity contribution < 1.29 is 37.8 Å². The standard InChI is InChI=1S/C21H35F3N2O5S/c1-3-5-6-7-8-9-10-12-17(16(27)11-4-2)32-14-15(19(30)25-13-18(28)29)26-20(31)21(22,23)24/h12,15-16,27H,3-11,13-14H2,1-2H3,(H,25,30)(H,26,31)(H,28,29)/t15-,16+/m0/s1. The van der Waals surface area contributed by atoms with Gasteiger partial charge in [-0.05, 0) is 19.3 Å². The largest absolute Gasteiger partial charge is 0.480 e. The Morgan fingerprint density at radius 3 is 2.22 bits per heavy atom. The fraction of sp³-hybridized carbons (Fsp3) is 0.762. The molecule has 0 saturated heterocycles. The average molecular weight is 485 g/mol. The van der Waals surface area contributed by atoms with Gasteiger partial charge in [0.2, 0.25) is 5.91 Å². The summed E-state index contributed by atoms with van der Waals surface area (Å²) in [6.45, 7) is 3.22. The normalized spacial score (nSPS) is 14.0. The van der Waals surface area contributed by atoms with Crippen molar-refractivity contribution in [3.8, 4) is 0 Å². The van der Waals surface area contributed by atoms with Crippen LogP contribution in [0.2, 0.25) is 0 Å².